The first-order valence-electron chi connectivity index (χ1n) is 7.11. The highest BCUT2D eigenvalue weighted by Gasteiger charge is 2.27. The maximum atomic E-state index is 12.7. The van der Waals surface area contributed by atoms with Gasteiger partial charge in [-0.1, -0.05) is 30.9 Å². The predicted molar refractivity (Wildman–Crippen MR) is 82.6 cm³/mol. The van der Waals surface area contributed by atoms with Gasteiger partial charge in [0.1, 0.15) is 11.0 Å². The van der Waals surface area contributed by atoms with Gasteiger partial charge in [-0.3, -0.25) is 0 Å². The van der Waals surface area contributed by atoms with Gasteiger partial charge in [-0.05, 0) is 37.0 Å². The minimum atomic E-state index is -3.68. The van der Waals surface area contributed by atoms with Gasteiger partial charge in [-0.15, -0.1) is 0 Å². The summed E-state index contributed by atoms with van der Waals surface area (Å²) in [5.74, 6) is 0.406. The lowest BCUT2D eigenvalue weighted by molar-refractivity contribution is 0.300. The predicted octanol–water partition coefficient (Wildman–Crippen LogP) is 3.41. The molecule has 0 unspecified atom stereocenters. The molecule has 1 saturated carbocycles. The number of halogens is 1. The Morgan fingerprint density at radius 1 is 1.33 bits per heavy atom. The Bertz CT molecular complexity index is 646. The molecule has 0 amide bonds. The Morgan fingerprint density at radius 2 is 2.00 bits per heavy atom. The van der Waals surface area contributed by atoms with Crippen LogP contribution in [0.15, 0.2) is 23.1 Å². The minimum Gasteiger partial charge on any atom is -0.207 e. The highest BCUT2D eigenvalue weighted by molar-refractivity contribution is 7.89. The molecular weight excluding hydrogens is 308 g/mol. The quantitative estimate of drug-likeness (QED) is 0.851. The molecule has 1 fully saturated rings. The first kappa shape index (κ1) is 16.3. The van der Waals surface area contributed by atoms with Crippen LogP contribution in [0.2, 0.25) is 5.02 Å². The zero-order valence-electron chi connectivity index (χ0n) is 12.0. The van der Waals surface area contributed by atoms with Gasteiger partial charge in [-0.2, -0.15) is 5.26 Å². The SMILES string of the molecule is CN(CC1CCCCC1)S(=O)(=O)c1cc(Cl)ccc1C#N. The molecule has 1 aliphatic rings. The molecule has 0 bridgehead atoms. The Kier molecular flexibility index (Phi) is 5.26. The van der Waals surface area contributed by atoms with E-state index in [9.17, 15) is 8.42 Å². The molecule has 0 heterocycles. The summed E-state index contributed by atoms with van der Waals surface area (Å²) < 4.78 is 26.7. The van der Waals surface area contributed by atoms with E-state index in [1.54, 1.807) is 7.05 Å². The van der Waals surface area contributed by atoms with Crippen LogP contribution in [0.5, 0.6) is 0 Å². The smallest absolute Gasteiger partial charge is 0.207 e. The summed E-state index contributed by atoms with van der Waals surface area (Å²) in [5, 5.41) is 9.42. The number of sulfonamides is 1. The molecule has 0 aliphatic heterocycles. The van der Waals surface area contributed by atoms with Crippen LogP contribution in [0.3, 0.4) is 0 Å². The molecule has 2 rings (SSSR count). The van der Waals surface area contributed by atoms with Crippen molar-refractivity contribution >= 4 is 21.6 Å². The van der Waals surface area contributed by atoms with E-state index in [0.29, 0.717) is 17.5 Å². The lowest BCUT2D eigenvalue weighted by Crippen LogP contribution is -2.33. The minimum absolute atomic E-state index is 0.00388. The molecule has 21 heavy (non-hydrogen) atoms. The van der Waals surface area contributed by atoms with Crippen molar-refractivity contribution in [3.8, 4) is 6.07 Å². The van der Waals surface area contributed by atoms with Crippen molar-refractivity contribution in [1.29, 1.82) is 5.26 Å². The van der Waals surface area contributed by atoms with E-state index in [0.717, 1.165) is 12.8 Å². The molecule has 0 saturated heterocycles. The highest BCUT2D eigenvalue weighted by Crippen LogP contribution is 2.27. The topological polar surface area (TPSA) is 61.2 Å². The number of benzene rings is 1. The van der Waals surface area contributed by atoms with E-state index < -0.39 is 10.0 Å². The molecule has 0 aromatic heterocycles. The van der Waals surface area contributed by atoms with Crippen molar-refractivity contribution in [3.05, 3.63) is 28.8 Å². The zero-order chi connectivity index (χ0) is 15.5. The zero-order valence-corrected chi connectivity index (χ0v) is 13.6. The molecule has 0 N–H and O–H groups in total. The molecule has 1 aromatic rings. The second-order valence-electron chi connectivity index (χ2n) is 5.54. The summed E-state index contributed by atoms with van der Waals surface area (Å²) in [6.45, 7) is 0.500. The second-order valence-corrected chi connectivity index (χ2v) is 7.99. The van der Waals surface area contributed by atoms with Gasteiger partial charge >= 0.3 is 0 Å². The summed E-state index contributed by atoms with van der Waals surface area (Å²) in [6, 6.07) is 6.25. The number of nitrogens with zero attached hydrogens (tertiary/aromatic N) is 2. The van der Waals surface area contributed by atoms with Crippen LogP contribution in [0, 0.1) is 17.2 Å². The molecule has 0 spiro atoms. The summed E-state index contributed by atoms with van der Waals surface area (Å²) in [4.78, 5) is -0.00388. The summed E-state index contributed by atoms with van der Waals surface area (Å²) >= 11 is 5.88. The van der Waals surface area contributed by atoms with Crippen molar-refractivity contribution in [2.24, 2.45) is 5.92 Å². The third kappa shape index (κ3) is 3.76. The Morgan fingerprint density at radius 3 is 2.62 bits per heavy atom. The fourth-order valence-corrected chi connectivity index (χ4v) is 4.45. The molecule has 0 radical (unpaired) electrons. The van der Waals surface area contributed by atoms with Crippen LogP contribution >= 0.6 is 11.6 Å². The van der Waals surface area contributed by atoms with Crippen molar-refractivity contribution in [2.75, 3.05) is 13.6 Å². The van der Waals surface area contributed by atoms with Gasteiger partial charge in [0.05, 0.1) is 5.56 Å². The number of nitriles is 1. The van der Waals surface area contributed by atoms with Gasteiger partial charge < -0.3 is 0 Å². The first-order chi connectivity index (χ1) is 9.95. The van der Waals surface area contributed by atoms with Crippen LogP contribution in [0.1, 0.15) is 37.7 Å². The molecular formula is C15H19ClN2O2S. The van der Waals surface area contributed by atoms with Gasteiger partial charge in [0.2, 0.25) is 10.0 Å². The molecule has 4 nitrogen and oxygen atoms in total. The van der Waals surface area contributed by atoms with Gasteiger partial charge in [0.15, 0.2) is 0 Å². The third-order valence-electron chi connectivity index (χ3n) is 3.99. The Hall–Kier alpha value is -1.09. The lowest BCUT2D eigenvalue weighted by Gasteiger charge is -2.26. The van der Waals surface area contributed by atoms with Gasteiger partial charge in [0.25, 0.3) is 0 Å². The second kappa shape index (κ2) is 6.78. The summed E-state index contributed by atoms with van der Waals surface area (Å²) in [5.41, 5.74) is 0.134. The average molecular weight is 327 g/mol. The van der Waals surface area contributed by atoms with Crippen LogP contribution < -0.4 is 0 Å². The first-order valence-corrected chi connectivity index (χ1v) is 8.93. The van der Waals surface area contributed by atoms with E-state index in [1.807, 2.05) is 6.07 Å². The molecule has 6 heteroatoms. The Labute approximate surface area is 131 Å². The van der Waals surface area contributed by atoms with Gasteiger partial charge in [-0.25, -0.2) is 12.7 Å². The summed E-state index contributed by atoms with van der Waals surface area (Å²) in [7, 11) is -2.10. The van der Waals surface area contributed by atoms with E-state index in [4.69, 9.17) is 16.9 Å². The number of hydrogen-bond donors (Lipinski definition) is 0. The van der Waals surface area contributed by atoms with Gasteiger partial charge in [0, 0.05) is 18.6 Å². The van der Waals surface area contributed by atoms with Crippen molar-refractivity contribution in [2.45, 2.75) is 37.0 Å². The fourth-order valence-electron chi connectivity index (χ4n) is 2.80. The van der Waals surface area contributed by atoms with Crippen LogP contribution in [-0.4, -0.2) is 26.3 Å². The van der Waals surface area contributed by atoms with E-state index >= 15 is 0 Å². The average Bonchev–Trinajstić information content (AvgIpc) is 2.48. The fraction of sp³-hybridized carbons (Fsp3) is 0.533. The number of hydrogen-bond acceptors (Lipinski definition) is 3. The lowest BCUT2D eigenvalue weighted by atomic mass is 9.89. The monoisotopic (exact) mass is 326 g/mol. The third-order valence-corrected chi connectivity index (χ3v) is 6.09. The Balaban J connectivity index is 2.24. The molecule has 114 valence electrons. The number of rotatable bonds is 4. The maximum absolute atomic E-state index is 12.7. The van der Waals surface area contributed by atoms with Crippen LogP contribution in [0.25, 0.3) is 0 Å². The standard InChI is InChI=1S/C15H19ClN2O2S/c1-18(11-12-5-3-2-4-6-12)21(19,20)15-9-14(16)8-7-13(15)10-17/h7-9,12H,2-6,11H2,1H3. The van der Waals surface area contributed by atoms with E-state index in [-0.39, 0.29) is 10.5 Å². The maximum Gasteiger partial charge on any atom is 0.244 e. The molecule has 0 atom stereocenters. The van der Waals surface area contributed by atoms with E-state index in [2.05, 4.69) is 0 Å². The highest BCUT2D eigenvalue weighted by atomic mass is 35.5. The van der Waals surface area contributed by atoms with Crippen molar-refractivity contribution < 1.29 is 8.42 Å². The largest absolute Gasteiger partial charge is 0.244 e. The van der Waals surface area contributed by atoms with Crippen LogP contribution in [-0.2, 0) is 10.0 Å². The summed E-state index contributed by atoms with van der Waals surface area (Å²) in [6.07, 6.45) is 5.71. The van der Waals surface area contributed by atoms with Crippen molar-refractivity contribution in [1.82, 2.24) is 4.31 Å². The molecule has 1 aromatic carbocycles. The van der Waals surface area contributed by atoms with Crippen molar-refractivity contribution in [3.63, 3.8) is 0 Å². The van der Waals surface area contributed by atoms with Crippen LogP contribution in [0.4, 0.5) is 0 Å². The van der Waals surface area contributed by atoms with E-state index in [1.165, 1.54) is 41.8 Å². The normalized spacial score (nSPS) is 16.9. The molecule has 1 aliphatic carbocycles.